The molecule has 1 saturated carbocycles. The Kier molecular flexibility index (Phi) is 4.76. The van der Waals surface area contributed by atoms with Crippen molar-refractivity contribution in [2.24, 2.45) is 0 Å². The second-order valence-electron chi connectivity index (χ2n) is 7.71. The zero-order valence-corrected chi connectivity index (χ0v) is 15.0. The Hall–Kier alpha value is -1.33. The third kappa shape index (κ3) is 3.67. The van der Waals surface area contributed by atoms with E-state index in [0.29, 0.717) is 6.10 Å². The van der Waals surface area contributed by atoms with E-state index >= 15 is 0 Å². The normalized spacial score (nSPS) is 23.7. The van der Waals surface area contributed by atoms with Crippen LogP contribution in [-0.2, 0) is 9.31 Å². The first-order chi connectivity index (χ1) is 11.3. The largest absolute Gasteiger partial charge is 0.525 e. The smallest absolute Gasteiger partial charge is 0.490 e. The molecule has 2 aliphatic rings. The van der Waals surface area contributed by atoms with Crippen LogP contribution >= 0.6 is 0 Å². The molecule has 1 heterocycles. The lowest BCUT2D eigenvalue weighted by molar-refractivity contribution is 0.00578. The Labute approximate surface area is 144 Å². The Morgan fingerprint density at radius 1 is 1.08 bits per heavy atom. The molecule has 1 aliphatic carbocycles. The van der Waals surface area contributed by atoms with Crippen molar-refractivity contribution in [3.63, 3.8) is 0 Å². The fourth-order valence-corrected chi connectivity index (χ4v) is 3.02. The van der Waals surface area contributed by atoms with E-state index in [4.69, 9.17) is 14.0 Å². The Balaban J connectivity index is 1.65. The number of ether oxygens (including phenoxy) is 1. The van der Waals surface area contributed by atoms with Gasteiger partial charge in [-0.1, -0.05) is 12.1 Å². The van der Waals surface area contributed by atoms with Crippen LogP contribution in [0.15, 0.2) is 30.0 Å². The lowest BCUT2D eigenvalue weighted by Crippen LogP contribution is -2.41. The molecule has 0 unspecified atom stereocenters. The summed E-state index contributed by atoms with van der Waals surface area (Å²) in [5.41, 5.74) is -0.733. The van der Waals surface area contributed by atoms with Crippen molar-refractivity contribution < 1.29 is 18.4 Å². The van der Waals surface area contributed by atoms with Crippen molar-refractivity contribution in [3.8, 4) is 5.75 Å². The Morgan fingerprint density at radius 2 is 1.62 bits per heavy atom. The highest BCUT2D eigenvalue weighted by Crippen LogP contribution is 2.39. The molecule has 1 aromatic carbocycles. The summed E-state index contributed by atoms with van der Waals surface area (Å²) in [6, 6.07) is 7.49. The van der Waals surface area contributed by atoms with Crippen molar-refractivity contribution >= 4 is 13.2 Å². The van der Waals surface area contributed by atoms with Crippen LogP contribution in [0.25, 0.3) is 6.08 Å². The minimum atomic E-state index is -0.954. The van der Waals surface area contributed by atoms with Gasteiger partial charge >= 0.3 is 7.12 Å². The quantitative estimate of drug-likeness (QED) is 0.730. The molecular weight excluding hydrogens is 306 g/mol. The summed E-state index contributed by atoms with van der Waals surface area (Å²) in [7, 11) is -0.954. The molecule has 0 spiro atoms. The molecule has 5 heteroatoms. The van der Waals surface area contributed by atoms with Crippen molar-refractivity contribution in [3.05, 3.63) is 35.6 Å². The zero-order chi connectivity index (χ0) is 17.4. The second-order valence-corrected chi connectivity index (χ2v) is 7.71. The molecule has 0 aromatic heterocycles. The van der Waals surface area contributed by atoms with E-state index in [1.165, 1.54) is 18.9 Å². The van der Waals surface area contributed by atoms with Crippen molar-refractivity contribution in [1.29, 1.82) is 0 Å². The van der Waals surface area contributed by atoms with Crippen LogP contribution < -0.4 is 4.74 Å². The van der Waals surface area contributed by atoms with Crippen molar-refractivity contribution in [2.75, 3.05) is 0 Å². The number of hydrogen-bond acceptors (Lipinski definition) is 3. The standard InChI is InChI=1S/C19H26BFO3/c1-18(2)19(3,4)24-20(23-18)17(21)13-14-9-11-16(12-10-14)22-15-7-5-6-8-15/h9-13,15H,5-8H2,1-4H3. The van der Waals surface area contributed by atoms with Gasteiger partial charge in [0.05, 0.1) is 17.3 Å². The van der Waals surface area contributed by atoms with Crippen LogP contribution in [0.2, 0.25) is 0 Å². The second kappa shape index (κ2) is 6.53. The molecule has 24 heavy (non-hydrogen) atoms. The van der Waals surface area contributed by atoms with Gasteiger partial charge in [-0.2, -0.15) is 0 Å². The van der Waals surface area contributed by atoms with Gasteiger partial charge in [0.25, 0.3) is 0 Å². The lowest BCUT2D eigenvalue weighted by Gasteiger charge is -2.32. The molecule has 1 aliphatic heterocycles. The third-order valence-corrected chi connectivity index (χ3v) is 5.27. The van der Waals surface area contributed by atoms with E-state index in [0.717, 1.165) is 24.2 Å². The number of rotatable bonds is 4. The number of hydrogen-bond donors (Lipinski definition) is 0. The molecule has 0 N–H and O–H groups in total. The number of halogens is 1. The van der Waals surface area contributed by atoms with E-state index in [1.807, 2.05) is 52.0 Å². The zero-order valence-electron chi connectivity index (χ0n) is 15.0. The van der Waals surface area contributed by atoms with Gasteiger partial charge in [-0.05, 0) is 77.2 Å². The highest BCUT2D eigenvalue weighted by atomic mass is 19.1. The fraction of sp³-hybridized carbons (Fsp3) is 0.579. The van der Waals surface area contributed by atoms with Crippen LogP contribution in [0.1, 0.15) is 58.9 Å². The molecular formula is C19H26BFO3. The summed E-state index contributed by atoms with van der Waals surface area (Å²) < 4.78 is 31.9. The maximum Gasteiger partial charge on any atom is 0.525 e. The van der Waals surface area contributed by atoms with E-state index in [1.54, 1.807) is 0 Å². The fourth-order valence-electron chi connectivity index (χ4n) is 3.02. The molecule has 0 radical (unpaired) electrons. The van der Waals surface area contributed by atoms with Crippen LogP contribution in [-0.4, -0.2) is 24.4 Å². The van der Waals surface area contributed by atoms with Crippen LogP contribution in [0.3, 0.4) is 0 Å². The van der Waals surface area contributed by atoms with E-state index in [9.17, 15) is 4.39 Å². The highest BCUT2D eigenvalue weighted by molar-refractivity contribution is 6.54. The average molecular weight is 332 g/mol. The molecule has 3 rings (SSSR count). The van der Waals surface area contributed by atoms with Crippen molar-refractivity contribution in [2.45, 2.75) is 70.7 Å². The molecule has 0 atom stereocenters. The van der Waals surface area contributed by atoms with Gasteiger partial charge < -0.3 is 14.0 Å². The third-order valence-electron chi connectivity index (χ3n) is 5.27. The molecule has 130 valence electrons. The first-order valence-electron chi connectivity index (χ1n) is 8.76. The van der Waals surface area contributed by atoms with Gasteiger partial charge in [0, 0.05) is 0 Å². The minimum Gasteiger partial charge on any atom is -0.490 e. The maximum absolute atomic E-state index is 14.5. The summed E-state index contributed by atoms with van der Waals surface area (Å²) in [6.45, 7) is 7.65. The summed E-state index contributed by atoms with van der Waals surface area (Å²) >= 11 is 0. The first kappa shape index (κ1) is 17.5. The Bertz CT molecular complexity index is 588. The Morgan fingerprint density at radius 3 is 2.17 bits per heavy atom. The van der Waals surface area contributed by atoms with Crippen LogP contribution in [0.4, 0.5) is 4.39 Å². The summed E-state index contributed by atoms with van der Waals surface area (Å²) in [5.74, 6) is 0.843. The summed E-state index contributed by atoms with van der Waals surface area (Å²) in [4.78, 5) is 0. The van der Waals surface area contributed by atoms with Gasteiger partial charge in [-0.25, -0.2) is 4.39 Å². The van der Waals surface area contributed by atoms with Gasteiger partial charge in [-0.15, -0.1) is 0 Å². The number of benzene rings is 1. The molecule has 1 aromatic rings. The van der Waals surface area contributed by atoms with Gasteiger partial charge in [0.15, 0.2) is 0 Å². The van der Waals surface area contributed by atoms with Gasteiger partial charge in [0.1, 0.15) is 11.5 Å². The van der Waals surface area contributed by atoms with Crippen LogP contribution in [0, 0.1) is 0 Å². The van der Waals surface area contributed by atoms with Crippen LogP contribution in [0.5, 0.6) is 5.75 Å². The first-order valence-corrected chi connectivity index (χ1v) is 8.76. The van der Waals surface area contributed by atoms with E-state index in [2.05, 4.69) is 0 Å². The van der Waals surface area contributed by atoms with Crippen molar-refractivity contribution in [1.82, 2.24) is 0 Å². The lowest BCUT2D eigenvalue weighted by atomic mass is 9.87. The molecule has 0 amide bonds. The average Bonchev–Trinajstić information content (AvgIpc) is 3.07. The van der Waals surface area contributed by atoms with Gasteiger partial charge in [-0.3, -0.25) is 0 Å². The molecule has 2 fully saturated rings. The molecule has 0 bridgehead atoms. The SMILES string of the molecule is CC1(C)OB(C(F)=Cc2ccc(OC3CCCC3)cc2)OC1(C)C. The summed E-state index contributed by atoms with van der Waals surface area (Å²) in [6.07, 6.45) is 6.51. The van der Waals surface area contributed by atoms with E-state index in [-0.39, 0.29) is 0 Å². The van der Waals surface area contributed by atoms with E-state index < -0.39 is 24.0 Å². The summed E-state index contributed by atoms with van der Waals surface area (Å²) in [5, 5.41) is 0. The minimum absolute atomic E-state index is 0.327. The molecule has 3 nitrogen and oxygen atoms in total. The predicted molar refractivity (Wildman–Crippen MR) is 94.5 cm³/mol. The molecule has 1 saturated heterocycles. The highest BCUT2D eigenvalue weighted by Gasteiger charge is 2.53. The maximum atomic E-state index is 14.5. The topological polar surface area (TPSA) is 27.7 Å². The monoisotopic (exact) mass is 332 g/mol. The predicted octanol–water partition coefficient (Wildman–Crippen LogP) is 4.95. The van der Waals surface area contributed by atoms with Gasteiger partial charge in [0.2, 0.25) is 0 Å².